The van der Waals surface area contributed by atoms with E-state index in [2.05, 4.69) is 13.8 Å². The second kappa shape index (κ2) is 8.15. The number of ketones is 2. The molecule has 2 N–H and O–H groups in total. The minimum absolute atomic E-state index is 0.118. The zero-order valence-corrected chi connectivity index (χ0v) is 18.2. The number of rotatable bonds is 7. The van der Waals surface area contributed by atoms with Crippen LogP contribution in [-0.2, 0) is 9.53 Å². The van der Waals surface area contributed by atoms with E-state index >= 15 is 0 Å². The van der Waals surface area contributed by atoms with E-state index in [0.717, 1.165) is 12.0 Å². The zero-order chi connectivity index (χ0) is 23.1. The number of fused-ring (bicyclic) bond motifs is 3. The van der Waals surface area contributed by atoms with Gasteiger partial charge in [-0.15, -0.1) is 0 Å². The molecule has 0 amide bonds. The quantitative estimate of drug-likeness (QED) is 0.635. The number of aliphatic hydroxyl groups is 1. The van der Waals surface area contributed by atoms with E-state index in [-0.39, 0.29) is 28.0 Å². The van der Waals surface area contributed by atoms with Crippen LogP contribution < -0.4 is 0 Å². The van der Waals surface area contributed by atoms with Crippen LogP contribution in [-0.4, -0.2) is 40.8 Å². The highest BCUT2D eigenvalue weighted by molar-refractivity contribution is 6.19. The summed E-state index contributed by atoms with van der Waals surface area (Å²) >= 11 is 0. The maximum Gasteiger partial charge on any atom is 0.207 e. The topological polar surface area (TPSA) is 114 Å². The Bertz CT molecular complexity index is 1150. The van der Waals surface area contributed by atoms with Crippen molar-refractivity contribution in [1.29, 1.82) is 0 Å². The first-order valence-electron chi connectivity index (χ1n) is 10.1. The zero-order valence-electron chi connectivity index (χ0n) is 18.2. The lowest BCUT2D eigenvalue weighted by atomic mass is 9.78. The number of phenolic OH excluding ortho intramolecular Hbond substituents is 1. The fourth-order valence-electron chi connectivity index (χ4n) is 3.93. The Morgan fingerprint density at radius 1 is 1.35 bits per heavy atom. The lowest BCUT2D eigenvalue weighted by molar-refractivity contribution is -0.120. The summed E-state index contributed by atoms with van der Waals surface area (Å²) in [7, 11) is 1.28. The number of ether oxygens (including phenoxy) is 1. The molecule has 2 aromatic rings. The number of carbonyl (C=O) groups excluding carboxylic acids is 3. The highest BCUT2D eigenvalue weighted by Crippen LogP contribution is 2.45. The second-order valence-corrected chi connectivity index (χ2v) is 8.04. The summed E-state index contributed by atoms with van der Waals surface area (Å²) in [6.45, 7) is 7.25. The Hall–Kier alpha value is -3.19. The molecule has 1 aromatic heterocycles. The molecule has 164 valence electrons. The Morgan fingerprint density at radius 2 is 2.03 bits per heavy atom. The predicted octanol–water partition coefficient (Wildman–Crippen LogP) is 4.29. The van der Waals surface area contributed by atoms with Gasteiger partial charge in [-0.05, 0) is 37.5 Å². The molecule has 7 heteroatoms. The van der Waals surface area contributed by atoms with E-state index in [0.29, 0.717) is 23.4 Å². The summed E-state index contributed by atoms with van der Waals surface area (Å²) in [6.07, 6.45) is 4.27. The van der Waals surface area contributed by atoms with Gasteiger partial charge in [0, 0.05) is 17.4 Å². The molecule has 7 nitrogen and oxygen atoms in total. The summed E-state index contributed by atoms with van der Waals surface area (Å²) in [6, 6.07) is 1.65. The molecule has 0 saturated heterocycles. The van der Waals surface area contributed by atoms with Crippen molar-refractivity contribution < 1.29 is 33.8 Å². The van der Waals surface area contributed by atoms with Crippen molar-refractivity contribution in [2.75, 3.05) is 7.11 Å². The molecular formula is C24H26O7. The molecule has 31 heavy (non-hydrogen) atoms. The van der Waals surface area contributed by atoms with Crippen LogP contribution in [0, 0.1) is 5.92 Å². The number of hydrogen-bond donors (Lipinski definition) is 2. The fraction of sp³-hybridized carbons (Fsp3) is 0.375. The van der Waals surface area contributed by atoms with Crippen LogP contribution in [0.2, 0.25) is 0 Å². The Kier molecular flexibility index (Phi) is 5.91. The number of benzene rings is 1. The van der Waals surface area contributed by atoms with Crippen LogP contribution in [0.4, 0.5) is 0 Å². The van der Waals surface area contributed by atoms with Gasteiger partial charge in [-0.25, -0.2) is 0 Å². The molecule has 0 aliphatic heterocycles. The molecule has 2 atom stereocenters. The van der Waals surface area contributed by atoms with Crippen molar-refractivity contribution >= 4 is 40.5 Å². The van der Waals surface area contributed by atoms with Gasteiger partial charge in [0.1, 0.15) is 28.6 Å². The standard InChI is InChI=1S/C24H26O7/c1-6-12(2)7-13(3)18-8-15-17(11-25)21(27)20-16(22(15)31-18)9-19(30-5)24(29,23(20)28)10-14(4)26/h7-9,11-12,27,29H,6,10H2,1-5H3. The van der Waals surface area contributed by atoms with E-state index in [4.69, 9.17) is 9.15 Å². The summed E-state index contributed by atoms with van der Waals surface area (Å²) in [4.78, 5) is 36.8. The molecule has 1 heterocycles. The van der Waals surface area contributed by atoms with Gasteiger partial charge in [0.05, 0.1) is 18.2 Å². The van der Waals surface area contributed by atoms with Crippen LogP contribution in [0.1, 0.15) is 72.6 Å². The Morgan fingerprint density at radius 3 is 2.58 bits per heavy atom. The minimum Gasteiger partial charge on any atom is -0.506 e. The van der Waals surface area contributed by atoms with Crippen molar-refractivity contribution in [2.24, 2.45) is 5.92 Å². The smallest absolute Gasteiger partial charge is 0.207 e. The average Bonchev–Trinajstić information content (AvgIpc) is 3.15. The van der Waals surface area contributed by atoms with Crippen molar-refractivity contribution in [3.8, 4) is 5.75 Å². The van der Waals surface area contributed by atoms with Crippen LogP contribution in [0.5, 0.6) is 5.75 Å². The van der Waals surface area contributed by atoms with Crippen molar-refractivity contribution in [2.45, 2.75) is 46.1 Å². The number of phenols is 1. The van der Waals surface area contributed by atoms with Crippen molar-refractivity contribution in [1.82, 2.24) is 0 Å². The van der Waals surface area contributed by atoms with E-state index in [9.17, 15) is 24.6 Å². The molecule has 0 radical (unpaired) electrons. The minimum atomic E-state index is -2.28. The van der Waals surface area contributed by atoms with Crippen molar-refractivity contribution in [3.63, 3.8) is 0 Å². The van der Waals surface area contributed by atoms with Crippen LogP contribution in [0.3, 0.4) is 0 Å². The monoisotopic (exact) mass is 426 g/mol. The highest BCUT2D eigenvalue weighted by atomic mass is 16.5. The lowest BCUT2D eigenvalue weighted by Crippen LogP contribution is -2.45. The maximum absolute atomic E-state index is 13.2. The first-order valence-corrected chi connectivity index (χ1v) is 10.1. The molecule has 2 unspecified atom stereocenters. The van der Waals surface area contributed by atoms with Gasteiger partial charge < -0.3 is 19.4 Å². The molecule has 3 rings (SSSR count). The van der Waals surface area contributed by atoms with E-state index in [1.807, 2.05) is 13.0 Å². The number of furan rings is 1. The number of hydrogen-bond acceptors (Lipinski definition) is 7. The Labute approximate surface area is 180 Å². The molecule has 0 fully saturated rings. The summed E-state index contributed by atoms with van der Waals surface area (Å²) < 4.78 is 11.3. The molecule has 1 aromatic carbocycles. The highest BCUT2D eigenvalue weighted by Gasteiger charge is 2.48. The number of methoxy groups -OCH3 is 1. The van der Waals surface area contributed by atoms with E-state index in [1.54, 1.807) is 6.07 Å². The third-order valence-electron chi connectivity index (χ3n) is 5.72. The van der Waals surface area contributed by atoms with Gasteiger partial charge in [-0.3, -0.25) is 14.4 Å². The van der Waals surface area contributed by atoms with E-state index < -0.39 is 29.3 Å². The third-order valence-corrected chi connectivity index (χ3v) is 5.72. The molecule has 1 aliphatic carbocycles. The second-order valence-electron chi connectivity index (χ2n) is 8.04. The normalized spacial score (nSPS) is 19.7. The number of aromatic hydroxyl groups is 1. The van der Waals surface area contributed by atoms with Gasteiger partial charge in [-0.2, -0.15) is 0 Å². The van der Waals surface area contributed by atoms with Gasteiger partial charge in [0.2, 0.25) is 5.78 Å². The molecule has 0 saturated carbocycles. The molecule has 0 bridgehead atoms. The number of aldehydes is 1. The van der Waals surface area contributed by atoms with Crippen molar-refractivity contribution in [3.05, 3.63) is 40.4 Å². The molecular weight excluding hydrogens is 400 g/mol. The van der Waals surface area contributed by atoms with Crippen LogP contribution >= 0.6 is 0 Å². The number of carbonyl (C=O) groups is 3. The largest absolute Gasteiger partial charge is 0.506 e. The lowest BCUT2D eigenvalue weighted by Gasteiger charge is -2.31. The SMILES string of the molecule is CCC(C)C=C(C)c1cc2c(C=O)c(O)c3c(c2o1)C=C(OC)C(O)(CC(C)=O)C3=O. The van der Waals surface area contributed by atoms with Crippen LogP contribution in [0.25, 0.3) is 22.6 Å². The van der Waals surface area contributed by atoms with Gasteiger partial charge in [-0.1, -0.05) is 26.3 Å². The average molecular weight is 426 g/mol. The summed E-state index contributed by atoms with van der Waals surface area (Å²) in [5.41, 5.74) is -1.41. The summed E-state index contributed by atoms with van der Waals surface area (Å²) in [5.74, 6) is -1.26. The fourth-order valence-corrected chi connectivity index (χ4v) is 3.93. The van der Waals surface area contributed by atoms with Gasteiger partial charge >= 0.3 is 0 Å². The Balaban J connectivity index is 2.36. The first kappa shape index (κ1) is 22.5. The molecule has 1 aliphatic rings. The summed E-state index contributed by atoms with van der Waals surface area (Å²) in [5, 5.41) is 22.1. The first-order chi connectivity index (χ1) is 14.6. The number of allylic oxidation sites excluding steroid dienone is 2. The third kappa shape index (κ3) is 3.59. The maximum atomic E-state index is 13.2. The molecule has 0 spiro atoms. The van der Waals surface area contributed by atoms with E-state index in [1.165, 1.54) is 20.1 Å². The predicted molar refractivity (Wildman–Crippen MR) is 116 cm³/mol. The van der Waals surface area contributed by atoms with Crippen LogP contribution in [0.15, 0.2) is 22.3 Å². The van der Waals surface area contributed by atoms with Gasteiger partial charge in [0.25, 0.3) is 0 Å². The number of Topliss-reactive ketones (excluding diaryl/α,β-unsaturated/α-hetero) is 2. The van der Waals surface area contributed by atoms with Gasteiger partial charge in [0.15, 0.2) is 11.9 Å².